The Bertz CT molecular complexity index is 996. The second-order valence-electron chi connectivity index (χ2n) is 7.66. The third kappa shape index (κ3) is 5.29. The van der Waals surface area contributed by atoms with Crippen molar-refractivity contribution in [1.29, 1.82) is 0 Å². The SMILES string of the molecule is COc1cc(C=C2SC(N3CC(C)OC(C)C3)=NC2=O)ccc1OCc1ccccc1. The van der Waals surface area contributed by atoms with Crippen molar-refractivity contribution < 1.29 is 19.0 Å². The summed E-state index contributed by atoms with van der Waals surface area (Å²) in [5.41, 5.74) is 1.94. The Morgan fingerprint density at radius 3 is 2.58 bits per heavy atom. The van der Waals surface area contributed by atoms with Crippen molar-refractivity contribution >= 4 is 28.9 Å². The number of aliphatic imine (C=N–C) groups is 1. The molecule has 2 aromatic carbocycles. The van der Waals surface area contributed by atoms with E-state index in [-0.39, 0.29) is 18.1 Å². The van der Waals surface area contributed by atoms with Crippen LogP contribution in [0.25, 0.3) is 6.08 Å². The molecule has 6 nitrogen and oxygen atoms in total. The molecule has 2 aliphatic rings. The highest BCUT2D eigenvalue weighted by Gasteiger charge is 2.31. The van der Waals surface area contributed by atoms with Gasteiger partial charge in [-0.15, -0.1) is 0 Å². The number of carbonyl (C=O) groups is 1. The number of ether oxygens (including phenoxy) is 3. The Labute approximate surface area is 186 Å². The standard InChI is InChI=1S/C24H26N2O4S/c1-16-13-26(14-17(2)30-16)24-25-23(27)22(31-24)12-19-9-10-20(21(11-19)28-3)29-15-18-7-5-4-6-8-18/h4-12,16-17H,13-15H2,1-3H3. The fourth-order valence-corrected chi connectivity index (χ4v) is 4.58. The van der Waals surface area contributed by atoms with Gasteiger partial charge in [0.2, 0.25) is 0 Å². The Hall–Kier alpha value is -2.77. The van der Waals surface area contributed by atoms with Gasteiger partial charge in [0.15, 0.2) is 16.7 Å². The van der Waals surface area contributed by atoms with Crippen molar-refractivity contribution in [3.05, 3.63) is 64.6 Å². The van der Waals surface area contributed by atoms with Crippen molar-refractivity contribution in [3.63, 3.8) is 0 Å². The zero-order valence-electron chi connectivity index (χ0n) is 17.9. The predicted octanol–water partition coefficient (Wildman–Crippen LogP) is 4.35. The van der Waals surface area contributed by atoms with E-state index in [1.807, 2.05) is 68.5 Å². The molecule has 0 aliphatic carbocycles. The van der Waals surface area contributed by atoms with Crippen LogP contribution in [-0.2, 0) is 16.1 Å². The van der Waals surface area contributed by atoms with Crippen LogP contribution in [0.4, 0.5) is 0 Å². The summed E-state index contributed by atoms with van der Waals surface area (Å²) < 4.78 is 17.2. The van der Waals surface area contributed by atoms with Crippen LogP contribution in [0.15, 0.2) is 58.4 Å². The molecule has 0 spiro atoms. The molecule has 2 unspecified atom stereocenters. The predicted molar refractivity (Wildman–Crippen MR) is 123 cm³/mol. The van der Waals surface area contributed by atoms with Crippen LogP contribution in [0.5, 0.6) is 11.5 Å². The first kappa shape index (κ1) is 21.5. The van der Waals surface area contributed by atoms with Crippen molar-refractivity contribution in [2.45, 2.75) is 32.7 Å². The van der Waals surface area contributed by atoms with Gasteiger partial charge in [-0.25, -0.2) is 0 Å². The lowest BCUT2D eigenvalue weighted by atomic mass is 10.2. The monoisotopic (exact) mass is 438 g/mol. The number of rotatable bonds is 5. The molecule has 7 heteroatoms. The summed E-state index contributed by atoms with van der Waals surface area (Å²) in [7, 11) is 1.61. The van der Waals surface area contributed by atoms with E-state index in [4.69, 9.17) is 14.2 Å². The summed E-state index contributed by atoms with van der Waals surface area (Å²) in [6.45, 7) is 6.00. The molecule has 4 rings (SSSR count). The number of nitrogens with zero attached hydrogens (tertiary/aromatic N) is 2. The van der Waals surface area contributed by atoms with Crippen LogP contribution in [0.2, 0.25) is 0 Å². The number of thioether (sulfide) groups is 1. The quantitative estimate of drug-likeness (QED) is 0.647. The van der Waals surface area contributed by atoms with E-state index < -0.39 is 0 Å². The lowest BCUT2D eigenvalue weighted by molar-refractivity contribution is -0.113. The van der Waals surface area contributed by atoms with Crippen LogP contribution in [-0.4, -0.2) is 48.4 Å². The molecule has 0 N–H and O–H groups in total. The highest BCUT2D eigenvalue weighted by molar-refractivity contribution is 8.18. The van der Waals surface area contributed by atoms with Gasteiger partial charge in [-0.3, -0.25) is 4.79 Å². The van der Waals surface area contributed by atoms with Crippen LogP contribution in [0.1, 0.15) is 25.0 Å². The lowest BCUT2D eigenvalue weighted by Gasteiger charge is -2.35. The fourth-order valence-electron chi connectivity index (χ4n) is 3.65. The van der Waals surface area contributed by atoms with E-state index >= 15 is 0 Å². The summed E-state index contributed by atoms with van der Waals surface area (Å²) in [6.07, 6.45) is 2.08. The first-order chi connectivity index (χ1) is 15.0. The Kier molecular flexibility index (Phi) is 6.63. The van der Waals surface area contributed by atoms with E-state index in [2.05, 4.69) is 9.89 Å². The minimum Gasteiger partial charge on any atom is -0.493 e. The molecule has 1 fully saturated rings. The largest absolute Gasteiger partial charge is 0.493 e. The number of benzene rings is 2. The third-order valence-corrected chi connectivity index (χ3v) is 6.07. The number of amides is 1. The number of hydrogen-bond donors (Lipinski definition) is 0. The second-order valence-corrected chi connectivity index (χ2v) is 8.67. The number of amidine groups is 1. The molecule has 2 aromatic rings. The molecule has 162 valence electrons. The molecular formula is C24H26N2O4S. The van der Waals surface area contributed by atoms with Crippen LogP contribution < -0.4 is 9.47 Å². The van der Waals surface area contributed by atoms with Gasteiger partial charge >= 0.3 is 0 Å². The molecule has 0 radical (unpaired) electrons. The van der Waals surface area contributed by atoms with E-state index in [0.29, 0.717) is 23.0 Å². The molecule has 2 heterocycles. The smallest absolute Gasteiger partial charge is 0.286 e. The summed E-state index contributed by atoms with van der Waals surface area (Å²) in [4.78, 5) is 19.5. The zero-order valence-corrected chi connectivity index (χ0v) is 18.7. The number of hydrogen-bond acceptors (Lipinski definition) is 6. The normalized spacial score (nSPS) is 22.5. The second kappa shape index (κ2) is 9.58. The van der Waals surface area contributed by atoms with Gasteiger partial charge in [0.05, 0.1) is 24.2 Å². The molecule has 0 aromatic heterocycles. The van der Waals surface area contributed by atoms with Crippen molar-refractivity contribution in [1.82, 2.24) is 4.90 Å². The Morgan fingerprint density at radius 2 is 1.87 bits per heavy atom. The van der Waals surface area contributed by atoms with Gasteiger partial charge in [0, 0.05) is 13.1 Å². The summed E-state index contributed by atoms with van der Waals surface area (Å²) in [5.74, 6) is 1.07. The van der Waals surface area contributed by atoms with Crippen LogP contribution >= 0.6 is 11.8 Å². The van der Waals surface area contributed by atoms with E-state index in [1.54, 1.807) is 7.11 Å². The Morgan fingerprint density at radius 1 is 1.13 bits per heavy atom. The minimum atomic E-state index is -0.213. The van der Waals surface area contributed by atoms with Crippen molar-refractivity contribution in [2.24, 2.45) is 4.99 Å². The molecule has 1 amide bonds. The van der Waals surface area contributed by atoms with Gasteiger partial charge in [0.25, 0.3) is 5.91 Å². The van der Waals surface area contributed by atoms with Gasteiger partial charge in [-0.1, -0.05) is 36.4 Å². The number of carbonyl (C=O) groups excluding carboxylic acids is 1. The highest BCUT2D eigenvalue weighted by Crippen LogP contribution is 2.34. The fraction of sp³-hybridized carbons (Fsp3) is 0.333. The zero-order chi connectivity index (χ0) is 21.8. The maximum absolute atomic E-state index is 12.5. The first-order valence-corrected chi connectivity index (χ1v) is 11.1. The minimum absolute atomic E-state index is 0.114. The maximum Gasteiger partial charge on any atom is 0.286 e. The molecule has 31 heavy (non-hydrogen) atoms. The van der Waals surface area contributed by atoms with Crippen molar-refractivity contribution in [3.8, 4) is 11.5 Å². The van der Waals surface area contributed by atoms with Crippen LogP contribution in [0, 0.1) is 0 Å². The average Bonchev–Trinajstić information content (AvgIpc) is 3.13. The summed E-state index contributed by atoms with van der Waals surface area (Å²) in [5, 5.41) is 0.744. The highest BCUT2D eigenvalue weighted by atomic mass is 32.2. The molecule has 2 atom stereocenters. The molecule has 0 bridgehead atoms. The summed E-state index contributed by atoms with van der Waals surface area (Å²) in [6, 6.07) is 15.6. The molecule has 1 saturated heterocycles. The van der Waals surface area contributed by atoms with Crippen molar-refractivity contribution in [2.75, 3.05) is 20.2 Å². The maximum atomic E-state index is 12.5. The van der Waals surface area contributed by atoms with Gasteiger partial charge in [-0.2, -0.15) is 4.99 Å². The number of morpholine rings is 1. The third-order valence-electron chi connectivity index (χ3n) is 5.02. The van der Waals surface area contributed by atoms with E-state index in [1.165, 1.54) is 11.8 Å². The summed E-state index contributed by atoms with van der Waals surface area (Å²) >= 11 is 1.41. The average molecular weight is 439 g/mol. The topological polar surface area (TPSA) is 60.4 Å². The molecular weight excluding hydrogens is 412 g/mol. The lowest BCUT2D eigenvalue weighted by Crippen LogP contribution is -2.47. The van der Waals surface area contributed by atoms with E-state index in [0.717, 1.165) is 29.4 Å². The van der Waals surface area contributed by atoms with Crippen LogP contribution in [0.3, 0.4) is 0 Å². The number of methoxy groups -OCH3 is 1. The molecule has 0 saturated carbocycles. The van der Waals surface area contributed by atoms with E-state index in [9.17, 15) is 4.79 Å². The Balaban J connectivity index is 1.45. The van der Waals surface area contributed by atoms with Gasteiger partial charge in [0.1, 0.15) is 6.61 Å². The van der Waals surface area contributed by atoms with Gasteiger partial charge in [-0.05, 0) is 54.9 Å². The van der Waals surface area contributed by atoms with Gasteiger partial charge < -0.3 is 19.1 Å². The molecule has 2 aliphatic heterocycles. The first-order valence-electron chi connectivity index (χ1n) is 10.3.